The van der Waals surface area contributed by atoms with Gasteiger partial charge in [-0.05, 0) is 36.8 Å². The van der Waals surface area contributed by atoms with Gasteiger partial charge in [0.2, 0.25) is 15.9 Å². The van der Waals surface area contributed by atoms with E-state index in [9.17, 15) is 13.2 Å². The Kier molecular flexibility index (Phi) is 6.63. The largest absolute Gasteiger partial charge is 0.495 e. The van der Waals surface area contributed by atoms with Crippen LogP contribution in [0, 0.1) is 6.92 Å². The van der Waals surface area contributed by atoms with Gasteiger partial charge in [0.15, 0.2) is 0 Å². The molecule has 1 N–H and O–H groups in total. The number of sulfonamides is 1. The van der Waals surface area contributed by atoms with Crippen LogP contribution in [-0.4, -0.2) is 34.5 Å². The molecule has 26 heavy (non-hydrogen) atoms. The van der Waals surface area contributed by atoms with E-state index in [0.717, 1.165) is 0 Å². The minimum atomic E-state index is -3.65. The van der Waals surface area contributed by atoms with Crippen molar-refractivity contribution >= 4 is 33.2 Å². The fourth-order valence-electron chi connectivity index (χ4n) is 2.52. The van der Waals surface area contributed by atoms with Crippen LogP contribution in [0.3, 0.4) is 0 Å². The van der Waals surface area contributed by atoms with E-state index >= 15 is 0 Å². The monoisotopic (exact) mass is 396 g/mol. The lowest BCUT2D eigenvalue weighted by Gasteiger charge is -2.22. The Morgan fingerprint density at radius 1 is 1.23 bits per heavy atom. The van der Waals surface area contributed by atoms with Crippen molar-refractivity contribution in [1.29, 1.82) is 0 Å². The fraction of sp³-hybridized carbons (Fsp3) is 0.278. The highest BCUT2D eigenvalue weighted by molar-refractivity contribution is 7.89. The van der Waals surface area contributed by atoms with Gasteiger partial charge in [0.25, 0.3) is 0 Å². The van der Waals surface area contributed by atoms with Gasteiger partial charge in [-0.25, -0.2) is 13.1 Å². The summed E-state index contributed by atoms with van der Waals surface area (Å²) in [5.74, 6) is 0.278. The standard InChI is InChI=1S/C18H21ClN2O4S/c1-13-6-4-5-7-18(13)26(23,24)20-10-11-21(14(2)22)15-8-9-17(25-3)16(19)12-15/h4-9,12,20H,10-11H2,1-3H3. The number of benzene rings is 2. The normalized spacial score (nSPS) is 11.2. The summed E-state index contributed by atoms with van der Waals surface area (Å²) in [6, 6.07) is 11.7. The van der Waals surface area contributed by atoms with Crippen LogP contribution in [-0.2, 0) is 14.8 Å². The molecule has 2 rings (SSSR count). The van der Waals surface area contributed by atoms with Gasteiger partial charge in [-0.2, -0.15) is 0 Å². The first kappa shape index (κ1) is 20.2. The summed E-state index contributed by atoms with van der Waals surface area (Å²) in [6.07, 6.45) is 0. The maximum Gasteiger partial charge on any atom is 0.240 e. The van der Waals surface area contributed by atoms with Gasteiger partial charge in [-0.1, -0.05) is 29.8 Å². The summed E-state index contributed by atoms with van der Waals surface area (Å²) in [7, 11) is -2.14. The maximum absolute atomic E-state index is 12.4. The minimum absolute atomic E-state index is 0.0693. The number of ether oxygens (including phenoxy) is 1. The van der Waals surface area contributed by atoms with Crippen LogP contribution in [0.1, 0.15) is 12.5 Å². The smallest absolute Gasteiger partial charge is 0.240 e. The van der Waals surface area contributed by atoms with Crippen molar-refractivity contribution in [3.8, 4) is 5.75 Å². The van der Waals surface area contributed by atoms with Crippen LogP contribution in [0.5, 0.6) is 5.75 Å². The lowest BCUT2D eigenvalue weighted by Crippen LogP contribution is -2.37. The first-order valence-electron chi connectivity index (χ1n) is 7.93. The molecule has 0 bridgehead atoms. The molecule has 0 saturated heterocycles. The SMILES string of the molecule is COc1ccc(N(CCNS(=O)(=O)c2ccccc2C)C(C)=O)cc1Cl. The molecule has 0 aliphatic carbocycles. The molecule has 8 heteroatoms. The zero-order valence-corrected chi connectivity index (χ0v) is 16.4. The molecule has 0 fully saturated rings. The molecule has 0 saturated carbocycles. The Bertz CT molecular complexity index is 900. The van der Waals surface area contributed by atoms with E-state index in [1.165, 1.54) is 18.9 Å². The number of aryl methyl sites for hydroxylation is 1. The Morgan fingerprint density at radius 3 is 2.50 bits per heavy atom. The number of carbonyl (C=O) groups excluding carboxylic acids is 1. The van der Waals surface area contributed by atoms with E-state index in [1.807, 2.05) is 0 Å². The van der Waals surface area contributed by atoms with Crippen LogP contribution in [0.25, 0.3) is 0 Å². The van der Waals surface area contributed by atoms with E-state index in [1.54, 1.807) is 49.4 Å². The van der Waals surface area contributed by atoms with E-state index in [2.05, 4.69) is 4.72 Å². The lowest BCUT2D eigenvalue weighted by atomic mass is 10.2. The average Bonchev–Trinajstić information content (AvgIpc) is 2.58. The molecule has 0 heterocycles. The number of halogens is 1. The summed E-state index contributed by atoms with van der Waals surface area (Å²) < 4.78 is 32.5. The second-order valence-corrected chi connectivity index (χ2v) is 7.80. The van der Waals surface area contributed by atoms with Crippen molar-refractivity contribution in [1.82, 2.24) is 4.72 Å². The molecule has 0 unspecified atom stereocenters. The third kappa shape index (κ3) is 4.75. The summed E-state index contributed by atoms with van der Waals surface area (Å²) in [5.41, 5.74) is 1.23. The summed E-state index contributed by atoms with van der Waals surface area (Å²) in [6.45, 7) is 3.38. The molecule has 0 aliphatic heterocycles. The molecule has 0 radical (unpaired) electrons. The van der Waals surface area contributed by atoms with E-state index < -0.39 is 10.0 Å². The van der Waals surface area contributed by atoms with Gasteiger partial charge in [-0.15, -0.1) is 0 Å². The van der Waals surface area contributed by atoms with Gasteiger partial charge in [-0.3, -0.25) is 4.79 Å². The average molecular weight is 397 g/mol. The third-order valence-corrected chi connectivity index (χ3v) is 5.75. The number of nitrogens with one attached hydrogen (secondary N) is 1. The molecule has 2 aromatic carbocycles. The van der Waals surface area contributed by atoms with Crippen LogP contribution < -0.4 is 14.4 Å². The van der Waals surface area contributed by atoms with Crippen LogP contribution in [0.4, 0.5) is 5.69 Å². The molecular formula is C18H21ClN2O4S. The number of methoxy groups -OCH3 is 1. The quantitative estimate of drug-likeness (QED) is 0.780. The van der Waals surface area contributed by atoms with Gasteiger partial charge in [0, 0.05) is 25.7 Å². The molecule has 2 aromatic rings. The molecular weight excluding hydrogens is 376 g/mol. The molecule has 0 aliphatic rings. The Morgan fingerprint density at radius 2 is 1.92 bits per heavy atom. The van der Waals surface area contributed by atoms with Gasteiger partial charge in [0.05, 0.1) is 17.0 Å². The highest BCUT2D eigenvalue weighted by atomic mass is 35.5. The van der Waals surface area contributed by atoms with Crippen molar-refractivity contribution in [3.05, 3.63) is 53.1 Å². The zero-order chi connectivity index (χ0) is 19.3. The van der Waals surface area contributed by atoms with Crippen molar-refractivity contribution < 1.29 is 17.9 Å². The van der Waals surface area contributed by atoms with Crippen LogP contribution in [0.2, 0.25) is 5.02 Å². The fourth-order valence-corrected chi connectivity index (χ4v) is 4.04. The second kappa shape index (κ2) is 8.53. The number of amides is 1. The molecule has 0 atom stereocenters. The number of anilines is 1. The summed E-state index contributed by atoms with van der Waals surface area (Å²) in [5, 5.41) is 0.372. The second-order valence-electron chi connectivity index (χ2n) is 5.65. The Labute approximate surface area is 158 Å². The third-order valence-electron chi connectivity index (χ3n) is 3.84. The van der Waals surface area contributed by atoms with Gasteiger partial charge >= 0.3 is 0 Å². The molecule has 1 amide bonds. The molecule has 0 spiro atoms. The zero-order valence-electron chi connectivity index (χ0n) is 14.8. The molecule has 140 valence electrons. The van der Waals surface area contributed by atoms with Crippen molar-refractivity contribution in [2.75, 3.05) is 25.1 Å². The number of rotatable bonds is 7. The van der Waals surface area contributed by atoms with Crippen LogP contribution in [0.15, 0.2) is 47.4 Å². The maximum atomic E-state index is 12.4. The number of hydrogen-bond acceptors (Lipinski definition) is 4. The highest BCUT2D eigenvalue weighted by Gasteiger charge is 2.18. The number of hydrogen-bond donors (Lipinski definition) is 1. The summed E-state index contributed by atoms with van der Waals surface area (Å²) >= 11 is 6.11. The molecule has 6 nitrogen and oxygen atoms in total. The van der Waals surface area contributed by atoms with Crippen LogP contribution >= 0.6 is 11.6 Å². The highest BCUT2D eigenvalue weighted by Crippen LogP contribution is 2.29. The van der Waals surface area contributed by atoms with E-state index in [0.29, 0.717) is 22.0 Å². The Hall–Kier alpha value is -2.09. The van der Waals surface area contributed by atoms with Crippen molar-refractivity contribution in [3.63, 3.8) is 0 Å². The van der Waals surface area contributed by atoms with Crippen molar-refractivity contribution in [2.45, 2.75) is 18.7 Å². The Balaban J connectivity index is 2.11. The number of carbonyl (C=O) groups is 1. The van der Waals surface area contributed by atoms with Gasteiger partial charge < -0.3 is 9.64 Å². The van der Waals surface area contributed by atoms with E-state index in [4.69, 9.17) is 16.3 Å². The minimum Gasteiger partial charge on any atom is -0.495 e. The van der Waals surface area contributed by atoms with E-state index in [-0.39, 0.29) is 23.9 Å². The predicted octanol–water partition coefficient (Wildman–Crippen LogP) is 2.99. The molecule has 0 aromatic heterocycles. The first-order chi connectivity index (χ1) is 12.3. The topological polar surface area (TPSA) is 75.7 Å². The van der Waals surface area contributed by atoms with Gasteiger partial charge in [0.1, 0.15) is 5.75 Å². The van der Waals surface area contributed by atoms with Crippen molar-refractivity contribution in [2.24, 2.45) is 0 Å². The lowest BCUT2D eigenvalue weighted by molar-refractivity contribution is -0.116. The number of nitrogens with zero attached hydrogens (tertiary/aromatic N) is 1. The first-order valence-corrected chi connectivity index (χ1v) is 9.79. The predicted molar refractivity (Wildman–Crippen MR) is 102 cm³/mol. The summed E-state index contributed by atoms with van der Waals surface area (Å²) in [4.78, 5) is 13.6.